The molecule has 0 bridgehead atoms. The van der Waals surface area contributed by atoms with Crippen LogP contribution >= 0.6 is 0 Å². The van der Waals surface area contributed by atoms with Gasteiger partial charge >= 0.3 is 0 Å². The van der Waals surface area contributed by atoms with E-state index in [1.54, 1.807) is 32.2 Å². The lowest BCUT2D eigenvalue weighted by Crippen LogP contribution is -2.30. The minimum atomic E-state index is -0.167. The molecule has 6 nitrogen and oxygen atoms in total. The minimum absolute atomic E-state index is 0.0742. The van der Waals surface area contributed by atoms with Crippen molar-refractivity contribution in [2.24, 2.45) is 7.05 Å². The molecule has 0 fully saturated rings. The highest BCUT2D eigenvalue weighted by atomic mass is 16.5. The molecule has 0 aliphatic carbocycles. The summed E-state index contributed by atoms with van der Waals surface area (Å²) in [5.41, 5.74) is 2.49. The van der Waals surface area contributed by atoms with Crippen LogP contribution in [-0.2, 0) is 24.8 Å². The maximum absolute atomic E-state index is 12.8. The van der Waals surface area contributed by atoms with Gasteiger partial charge in [-0.2, -0.15) is 5.10 Å². The normalized spacial score (nSPS) is 10.8. The number of hydrogen-bond acceptors (Lipinski definition) is 4. The predicted molar refractivity (Wildman–Crippen MR) is 105 cm³/mol. The molecule has 1 aromatic heterocycles. The fraction of sp³-hybridized carbons (Fsp3) is 0.286. The van der Waals surface area contributed by atoms with Crippen LogP contribution in [0.2, 0.25) is 0 Å². The Morgan fingerprint density at radius 2 is 1.89 bits per heavy atom. The second-order valence-corrected chi connectivity index (χ2v) is 6.66. The average Bonchev–Trinajstić information content (AvgIpc) is 2.66. The molecule has 6 heteroatoms. The first-order chi connectivity index (χ1) is 12.9. The van der Waals surface area contributed by atoms with Crippen LogP contribution in [0.3, 0.4) is 0 Å². The Balaban J connectivity index is 1.86. The van der Waals surface area contributed by atoms with Gasteiger partial charge in [-0.25, -0.2) is 4.68 Å². The smallest absolute Gasteiger partial charge is 0.274 e. The molecule has 1 amide bonds. The third-order valence-electron chi connectivity index (χ3n) is 4.62. The number of ether oxygens (including phenoxy) is 1. The molecule has 0 radical (unpaired) electrons. The summed E-state index contributed by atoms with van der Waals surface area (Å²) in [4.78, 5) is 26.7. The van der Waals surface area contributed by atoms with Gasteiger partial charge in [0.15, 0.2) is 0 Å². The molecular formula is C21H23N3O3. The van der Waals surface area contributed by atoms with E-state index >= 15 is 0 Å². The number of aromatic nitrogens is 2. The third-order valence-corrected chi connectivity index (χ3v) is 4.62. The van der Waals surface area contributed by atoms with Gasteiger partial charge in [0.25, 0.3) is 5.56 Å². The van der Waals surface area contributed by atoms with Crippen molar-refractivity contribution in [1.29, 1.82) is 0 Å². The molecular weight excluding hydrogens is 342 g/mol. The summed E-state index contributed by atoms with van der Waals surface area (Å²) >= 11 is 0. The molecule has 3 aromatic rings. The van der Waals surface area contributed by atoms with Crippen LogP contribution in [0.25, 0.3) is 10.8 Å². The Morgan fingerprint density at radius 1 is 1.19 bits per heavy atom. The average molecular weight is 365 g/mol. The summed E-state index contributed by atoms with van der Waals surface area (Å²) in [7, 11) is 4.98. The zero-order valence-electron chi connectivity index (χ0n) is 16.0. The van der Waals surface area contributed by atoms with Crippen LogP contribution in [0.15, 0.2) is 47.3 Å². The van der Waals surface area contributed by atoms with Crippen LogP contribution in [0.5, 0.6) is 5.75 Å². The number of carbonyl (C=O) groups excluding carboxylic acids is 1. The number of hydrogen-bond donors (Lipinski definition) is 0. The maximum Gasteiger partial charge on any atom is 0.274 e. The number of amides is 1. The monoisotopic (exact) mass is 365 g/mol. The van der Waals surface area contributed by atoms with Crippen molar-refractivity contribution in [2.45, 2.75) is 19.9 Å². The maximum atomic E-state index is 12.8. The van der Waals surface area contributed by atoms with E-state index in [1.807, 2.05) is 43.3 Å². The summed E-state index contributed by atoms with van der Waals surface area (Å²) in [5, 5.41) is 5.60. The van der Waals surface area contributed by atoms with Crippen molar-refractivity contribution in [3.05, 3.63) is 69.6 Å². The summed E-state index contributed by atoms with van der Waals surface area (Å²) in [6, 6.07) is 13.1. The van der Waals surface area contributed by atoms with Crippen molar-refractivity contribution in [3.8, 4) is 5.75 Å². The van der Waals surface area contributed by atoms with Crippen LogP contribution < -0.4 is 10.3 Å². The van der Waals surface area contributed by atoms with Crippen molar-refractivity contribution in [2.75, 3.05) is 14.2 Å². The van der Waals surface area contributed by atoms with Gasteiger partial charge in [0.2, 0.25) is 5.91 Å². The fourth-order valence-corrected chi connectivity index (χ4v) is 3.16. The van der Waals surface area contributed by atoms with E-state index in [0.29, 0.717) is 17.6 Å². The first kappa shape index (κ1) is 18.6. The van der Waals surface area contributed by atoms with E-state index in [4.69, 9.17) is 4.74 Å². The molecule has 0 saturated carbocycles. The number of nitrogens with zero attached hydrogens (tertiary/aromatic N) is 3. The first-order valence-corrected chi connectivity index (χ1v) is 8.73. The molecule has 0 aliphatic heterocycles. The first-order valence-electron chi connectivity index (χ1n) is 8.73. The Hall–Kier alpha value is -3.15. The highest BCUT2D eigenvalue weighted by Gasteiger charge is 2.17. The van der Waals surface area contributed by atoms with E-state index in [0.717, 1.165) is 22.3 Å². The van der Waals surface area contributed by atoms with Crippen molar-refractivity contribution in [3.63, 3.8) is 0 Å². The van der Waals surface area contributed by atoms with E-state index in [2.05, 4.69) is 5.10 Å². The Morgan fingerprint density at radius 3 is 2.59 bits per heavy atom. The number of likely N-dealkylation sites (N-methyl/N-ethyl adjacent to an activating group) is 1. The largest absolute Gasteiger partial charge is 0.496 e. The molecule has 0 atom stereocenters. The van der Waals surface area contributed by atoms with Gasteiger partial charge in [-0.1, -0.05) is 35.9 Å². The summed E-state index contributed by atoms with van der Waals surface area (Å²) in [5.74, 6) is 0.681. The lowest BCUT2D eigenvalue weighted by atomic mass is 10.1. The van der Waals surface area contributed by atoms with Crippen LogP contribution in [0, 0.1) is 6.92 Å². The zero-order chi connectivity index (χ0) is 19.6. The van der Waals surface area contributed by atoms with E-state index < -0.39 is 0 Å². The van der Waals surface area contributed by atoms with Gasteiger partial charge in [-0.15, -0.1) is 0 Å². The molecule has 0 aliphatic rings. The highest BCUT2D eigenvalue weighted by molar-refractivity contribution is 5.88. The van der Waals surface area contributed by atoms with E-state index in [-0.39, 0.29) is 17.9 Å². The lowest BCUT2D eigenvalue weighted by Gasteiger charge is -2.19. The molecule has 1 heterocycles. The van der Waals surface area contributed by atoms with Crippen molar-refractivity contribution < 1.29 is 9.53 Å². The van der Waals surface area contributed by atoms with Gasteiger partial charge in [0.1, 0.15) is 5.75 Å². The second-order valence-electron chi connectivity index (χ2n) is 6.66. The van der Waals surface area contributed by atoms with Crippen LogP contribution in [0.1, 0.15) is 16.8 Å². The number of benzene rings is 2. The molecule has 3 rings (SSSR count). The van der Waals surface area contributed by atoms with Crippen LogP contribution in [-0.4, -0.2) is 34.7 Å². The zero-order valence-corrected chi connectivity index (χ0v) is 16.0. The number of fused-ring (bicyclic) bond motifs is 1. The topological polar surface area (TPSA) is 64.4 Å². The Bertz CT molecular complexity index is 1060. The summed E-state index contributed by atoms with van der Waals surface area (Å²) in [6.07, 6.45) is 0.124. The fourth-order valence-electron chi connectivity index (χ4n) is 3.16. The predicted octanol–water partition coefficient (Wildman–Crippen LogP) is 2.45. The second kappa shape index (κ2) is 7.61. The van der Waals surface area contributed by atoms with Gasteiger partial charge in [0.05, 0.1) is 24.6 Å². The molecule has 2 aromatic carbocycles. The molecule has 0 saturated heterocycles. The summed E-state index contributed by atoms with van der Waals surface area (Å²) in [6.45, 7) is 2.44. The number of carbonyl (C=O) groups is 1. The summed E-state index contributed by atoms with van der Waals surface area (Å²) < 4.78 is 6.68. The van der Waals surface area contributed by atoms with Gasteiger partial charge in [-0.05, 0) is 19.1 Å². The van der Waals surface area contributed by atoms with Gasteiger partial charge < -0.3 is 9.64 Å². The quantitative estimate of drug-likeness (QED) is 0.697. The highest BCUT2D eigenvalue weighted by Crippen LogP contribution is 2.21. The molecule has 0 unspecified atom stereocenters. The van der Waals surface area contributed by atoms with Gasteiger partial charge in [-0.3, -0.25) is 9.59 Å². The standard InChI is InChI=1S/C21H23N3O3/c1-14-9-10-19(27-4)15(11-14)13-23(2)20(25)12-18-16-7-5-6-8-17(16)21(26)24(3)22-18/h5-11H,12-13H2,1-4H3. The Kier molecular flexibility index (Phi) is 5.26. The minimum Gasteiger partial charge on any atom is -0.496 e. The van der Waals surface area contributed by atoms with Crippen molar-refractivity contribution >= 4 is 16.7 Å². The number of methoxy groups -OCH3 is 1. The van der Waals surface area contributed by atoms with Crippen molar-refractivity contribution in [1.82, 2.24) is 14.7 Å². The molecule has 140 valence electrons. The Labute approximate surface area is 158 Å². The van der Waals surface area contributed by atoms with Crippen LogP contribution in [0.4, 0.5) is 0 Å². The third kappa shape index (κ3) is 3.84. The number of aryl methyl sites for hydroxylation is 2. The van der Waals surface area contributed by atoms with E-state index in [9.17, 15) is 9.59 Å². The molecule has 27 heavy (non-hydrogen) atoms. The number of rotatable bonds is 5. The molecule has 0 N–H and O–H groups in total. The van der Waals surface area contributed by atoms with Gasteiger partial charge in [0, 0.05) is 31.6 Å². The lowest BCUT2D eigenvalue weighted by molar-refractivity contribution is -0.129. The SMILES string of the molecule is COc1ccc(C)cc1CN(C)C(=O)Cc1nn(C)c(=O)c2ccccc12. The van der Waals surface area contributed by atoms with E-state index in [1.165, 1.54) is 4.68 Å². The molecule has 0 spiro atoms.